The molecule has 1 amide bonds. The Labute approximate surface area is 165 Å². The van der Waals surface area contributed by atoms with Crippen molar-refractivity contribution in [2.24, 2.45) is 4.99 Å². The zero-order chi connectivity index (χ0) is 19.6. The van der Waals surface area contributed by atoms with Crippen LogP contribution in [-0.4, -0.2) is 30.0 Å². The monoisotopic (exact) mass is 385 g/mol. The summed E-state index contributed by atoms with van der Waals surface area (Å²) < 4.78 is 3.00. The van der Waals surface area contributed by atoms with Gasteiger partial charge in [0.1, 0.15) is 0 Å². The van der Waals surface area contributed by atoms with E-state index in [2.05, 4.69) is 15.0 Å². The van der Waals surface area contributed by atoms with Crippen LogP contribution in [0.4, 0.5) is 5.69 Å². The van der Waals surface area contributed by atoms with E-state index < -0.39 is 0 Å². The molecule has 3 N–H and O–H groups in total. The van der Waals surface area contributed by atoms with Gasteiger partial charge in [0.15, 0.2) is 0 Å². The molecule has 2 aromatic rings. The Kier molecular flexibility index (Phi) is 8.36. The summed E-state index contributed by atoms with van der Waals surface area (Å²) >= 11 is 1.40. The van der Waals surface area contributed by atoms with Gasteiger partial charge in [-0.1, -0.05) is 50.2 Å². The molecule has 1 unspecified atom stereocenters. The van der Waals surface area contributed by atoms with Crippen LogP contribution in [0, 0.1) is 6.92 Å². The fourth-order valence-electron chi connectivity index (χ4n) is 2.71. The maximum atomic E-state index is 12.4. The van der Waals surface area contributed by atoms with Crippen molar-refractivity contribution in [1.82, 2.24) is 10.0 Å². The molecule has 0 aliphatic carbocycles. The first-order chi connectivity index (χ1) is 13.2. The number of aryl methyl sites for hydroxylation is 1. The summed E-state index contributed by atoms with van der Waals surface area (Å²) in [6.07, 6.45) is 0.598. The van der Waals surface area contributed by atoms with Crippen molar-refractivity contribution in [3.63, 3.8) is 0 Å². The summed E-state index contributed by atoms with van der Waals surface area (Å²) in [5.41, 5.74) is 3.06. The predicted octanol–water partition coefficient (Wildman–Crippen LogP) is 3.94. The second-order valence-electron chi connectivity index (χ2n) is 5.97. The van der Waals surface area contributed by atoms with E-state index in [4.69, 9.17) is 0 Å². The smallest absolute Gasteiger partial charge is 0.287 e. The molecule has 1 aliphatic heterocycles. The van der Waals surface area contributed by atoms with E-state index in [0.29, 0.717) is 18.8 Å². The third-order valence-corrected chi connectivity index (χ3v) is 4.92. The zero-order valence-electron chi connectivity index (χ0n) is 16.0. The Balaban J connectivity index is 0.00000126. The third-order valence-electron chi connectivity index (χ3n) is 4.08. The summed E-state index contributed by atoms with van der Waals surface area (Å²) in [5, 5.41) is 12.2. The van der Waals surface area contributed by atoms with E-state index >= 15 is 0 Å². The Morgan fingerprint density at radius 3 is 2.67 bits per heavy atom. The van der Waals surface area contributed by atoms with E-state index in [9.17, 15) is 9.90 Å². The first kappa shape index (κ1) is 21.0. The van der Waals surface area contributed by atoms with E-state index in [0.717, 1.165) is 21.7 Å². The van der Waals surface area contributed by atoms with E-state index in [-0.39, 0.29) is 18.4 Å². The van der Waals surface area contributed by atoms with Gasteiger partial charge in [-0.05, 0) is 48.6 Å². The molecule has 0 spiro atoms. The van der Waals surface area contributed by atoms with Crippen molar-refractivity contribution in [2.45, 2.75) is 38.0 Å². The molecule has 1 atom stereocenters. The van der Waals surface area contributed by atoms with Crippen LogP contribution in [0.15, 0.2) is 58.4 Å². The Morgan fingerprint density at radius 2 is 1.96 bits per heavy atom. The third kappa shape index (κ3) is 5.84. The molecular formula is C21H27N3O2S. The van der Waals surface area contributed by atoms with Crippen LogP contribution in [0.1, 0.15) is 37.3 Å². The average Bonchev–Trinajstić information content (AvgIpc) is 2.72. The number of carbonyl (C=O) groups is 1. The first-order valence-electron chi connectivity index (χ1n) is 9.23. The van der Waals surface area contributed by atoms with Crippen LogP contribution in [0.5, 0.6) is 0 Å². The molecule has 0 radical (unpaired) electrons. The number of carbonyl (C=O) groups excluding carboxylic acids is 1. The number of aliphatic imine (C=N–C) groups is 1. The van der Waals surface area contributed by atoms with Crippen molar-refractivity contribution in [3.05, 3.63) is 59.7 Å². The number of amides is 1. The van der Waals surface area contributed by atoms with Crippen molar-refractivity contribution >= 4 is 29.4 Å². The Hall–Kier alpha value is -2.31. The number of rotatable bonds is 6. The zero-order valence-corrected chi connectivity index (χ0v) is 16.8. The Bertz CT molecular complexity index is 778. The fourth-order valence-corrected chi connectivity index (χ4v) is 3.51. The van der Waals surface area contributed by atoms with Crippen LogP contribution in [0.2, 0.25) is 0 Å². The predicted molar refractivity (Wildman–Crippen MR) is 113 cm³/mol. The lowest BCUT2D eigenvalue weighted by Gasteiger charge is -2.19. The van der Waals surface area contributed by atoms with Gasteiger partial charge in [0.2, 0.25) is 5.84 Å². The molecule has 144 valence electrons. The maximum Gasteiger partial charge on any atom is 0.287 e. The number of fused-ring (bicyclic) bond motifs is 1. The number of hydrogen-bond acceptors (Lipinski definition) is 5. The summed E-state index contributed by atoms with van der Waals surface area (Å²) in [4.78, 5) is 17.9. The number of aliphatic hydroxyl groups excluding tert-OH is 1. The lowest BCUT2D eigenvalue weighted by atomic mass is 9.96. The molecule has 6 heteroatoms. The molecule has 2 aromatic carbocycles. The molecule has 0 saturated heterocycles. The summed E-state index contributed by atoms with van der Waals surface area (Å²) in [5.74, 6) is 0.136. The molecule has 0 aromatic heterocycles. The van der Waals surface area contributed by atoms with Crippen molar-refractivity contribution < 1.29 is 9.90 Å². The lowest BCUT2D eigenvalue weighted by molar-refractivity contribution is -0.115. The molecule has 5 nitrogen and oxygen atoms in total. The van der Waals surface area contributed by atoms with E-state index in [1.807, 2.05) is 69.3 Å². The molecule has 1 heterocycles. The molecule has 0 bridgehead atoms. The van der Waals surface area contributed by atoms with E-state index in [1.54, 1.807) is 0 Å². The van der Waals surface area contributed by atoms with Gasteiger partial charge in [0.25, 0.3) is 5.91 Å². The number of hydrogen-bond donors (Lipinski definition) is 3. The number of nitrogens with one attached hydrogen (secondary N) is 2. The molecule has 1 aliphatic rings. The lowest BCUT2D eigenvalue weighted by Crippen LogP contribution is -2.40. The van der Waals surface area contributed by atoms with Crippen molar-refractivity contribution in [2.75, 3.05) is 13.2 Å². The Morgan fingerprint density at radius 1 is 1.22 bits per heavy atom. The van der Waals surface area contributed by atoms with Crippen LogP contribution < -0.4 is 10.0 Å². The van der Waals surface area contributed by atoms with Gasteiger partial charge in [-0.3, -0.25) is 4.79 Å². The van der Waals surface area contributed by atoms with Crippen molar-refractivity contribution in [1.29, 1.82) is 0 Å². The van der Waals surface area contributed by atoms with Crippen molar-refractivity contribution in [3.8, 4) is 0 Å². The molecule has 27 heavy (non-hydrogen) atoms. The summed E-state index contributed by atoms with van der Waals surface area (Å²) in [6.45, 7) is 6.56. The highest BCUT2D eigenvalue weighted by atomic mass is 32.2. The second-order valence-corrected chi connectivity index (χ2v) is 6.81. The van der Waals surface area contributed by atoms with E-state index in [1.165, 1.54) is 11.9 Å². The number of nitrogens with zero attached hydrogens (tertiary/aromatic N) is 1. The quantitative estimate of drug-likeness (QED) is 0.659. The molecule has 0 saturated carbocycles. The highest BCUT2D eigenvalue weighted by molar-refractivity contribution is 7.98. The van der Waals surface area contributed by atoms with Gasteiger partial charge in [-0.2, -0.15) is 0 Å². The topological polar surface area (TPSA) is 73.7 Å². The second kappa shape index (κ2) is 10.7. The standard InChI is InChI=1S/C19H21N3O2S.C2H6/c1-13-7-8-16-17(11-13)25-22-18(21-16)19(24)20-12-15(9-10-23)14-5-3-2-4-6-14;1-2/h2-8,11,15,23H,9-10,12H2,1H3,(H,20,24)(H,21,22);1-2H3. The highest BCUT2D eigenvalue weighted by Gasteiger charge is 2.20. The fraction of sp³-hybridized carbons (Fsp3) is 0.333. The first-order valence-corrected chi connectivity index (χ1v) is 10.0. The SMILES string of the molecule is CC.Cc1ccc2c(c1)SNC(C(=O)NCC(CCO)c1ccccc1)=N2. The highest BCUT2D eigenvalue weighted by Crippen LogP contribution is 2.32. The van der Waals surface area contributed by atoms with Crippen LogP contribution in [-0.2, 0) is 4.79 Å². The summed E-state index contributed by atoms with van der Waals surface area (Å²) in [6, 6.07) is 15.8. The largest absolute Gasteiger partial charge is 0.396 e. The number of benzene rings is 2. The van der Waals surface area contributed by atoms with Crippen LogP contribution >= 0.6 is 11.9 Å². The van der Waals surface area contributed by atoms with Gasteiger partial charge in [-0.25, -0.2) is 4.99 Å². The molecule has 0 fully saturated rings. The minimum absolute atomic E-state index is 0.0712. The van der Waals surface area contributed by atoms with Gasteiger partial charge in [-0.15, -0.1) is 0 Å². The normalized spacial score (nSPS) is 13.3. The number of amidine groups is 1. The average molecular weight is 386 g/mol. The summed E-state index contributed by atoms with van der Waals surface area (Å²) in [7, 11) is 0. The van der Waals surface area contributed by atoms with Gasteiger partial charge in [0.05, 0.1) is 10.6 Å². The van der Waals surface area contributed by atoms with Crippen LogP contribution in [0.3, 0.4) is 0 Å². The minimum Gasteiger partial charge on any atom is -0.396 e. The number of aliphatic hydroxyl groups is 1. The van der Waals surface area contributed by atoms with Gasteiger partial charge < -0.3 is 15.1 Å². The van der Waals surface area contributed by atoms with Crippen LogP contribution in [0.25, 0.3) is 0 Å². The maximum absolute atomic E-state index is 12.4. The minimum atomic E-state index is -0.238. The molecular weight excluding hydrogens is 358 g/mol. The van der Waals surface area contributed by atoms with Gasteiger partial charge in [0, 0.05) is 19.1 Å². The van der Waals surface area contributed by atoms with Gasteiger partial charge >= 0.3 is 0 Å². The molecule has 3 rings (SSSR count).